The Kier molecular flexibility index (Phi) is 4.30. The summed E-state index contributed by atoms with van der Waals surface area (Å²) in [5.74, 6) is -1.33. The number of H-pyrrole nitrogens is 1. The predicted octanol–water partition coefficient (Wildman–Crippen LogP) is 3.33. The topological polar surface area (TPSA) is 83.3 Å². The molecule has 2 aromatic carbocycles. The van der Waals surface area contributed by atoms with Crippen molar-refractivity contribution in [3.63, 3.8) is 0 Å². The molecule has 120 valence electrons. The van der Waals surface area contributed by atoms with Crippen molar-refractivity contribution in [2.24, 2.45) is 5.10 Å². The summed E-state index contributed by atoms with van der Waals surface area (Å²) >= 11 is 5.11. The highest BCUT2D eigenvalue weighted by Crippen LogP contribution is 2.20. The van der Waals surface area contributed by atoms with Crippen LogP contribution in [0.2, 0.25) is 0 Å². The Balaban J connectivity index is 2.07. The molecule has 0 aliphatic heterocycles. The first kappa shape index (κ1) is 15.8. The van der Waals surface area contributed by atoms with Crippen LogP contribution in [0.4, 0.5) is 4.39 Å². The average Bonchev–Trinajstić information content (AvgIpc) is 2.94. The molecule has 3 rings (SSSR count). The number of carboxylic acid groups (broad SMARTS) is 1. The van der Waals surface area contributed by atoms with E-state index in [1.54, 1.807) is 36.4 Å². The van der Waals surface area contributed by atoms with Crippen LogP contribution in [0.1, 0.15) is 15.9 Å². The van der Waals surface area contributed by atoms with Crippen LogP contribution < -0.4 is 0 Å². The smallest absolute Gasteiger partial charge is 0.336 e. The molecule has 0 aliphatic rings. The summed E-state index contributed by atoms with van der Waals surface area (Å²) in [5.41, 5.74) is 0.727. The van der Waals surface area contributed by atoms with Crippen molar-refractivity contribution in [2.75, 3.05) is 0 Å². The average molecular weight is 342 g/mol. The van der Waals surface area contributed by atoms with Gasteiger partial charge in [0, 0.05) is 5.56 Å². The summed E-state index contributed by atoms with van der Waals surface area (Å²) in [7, 11) is 0. The molecule has 0 radical (unpaired) electrons. The van der Waals surface area contributed by atoms with Gasteiger partial charge in [0.15, 0.2) is 5.82 Å². The van der Waals surface area contributed by atoms with E-state index in [1.165, 1.54) is 23.0 Å². The van der Waals surface area contributed by atoms with Gasteiger partial charge >= 0.3 is 5.97 Å². The van der Waals surface area contributed by atoms with E-state index in [4.69, 9.17) is 12.2 Å². The molecule has 0 atom stereocenters. The van der Waals surface area contributed by atoms with Gasteiger partial charge in [-0.2, -0.15) is 14.9 Å². The molecule has 8 heteroatoms. The second-order valence-electron chi connectivity index (χ2n) is 4.78. The van der Waals surface area contributed by atoms with Crippen molar-refractivity contribution in [3.05, 3.63) is 70.2 Å². The van der Waals surface area contributed by atoms with Gasteiger partial charge in [-0.15, -0.1) is 0 Å². The third-order valence-electron chi connectivity index (χ3n) is 3.27. The second kappa shape index (κ2) is 6.55. The zero-order valence-electron chi connectivity index (χ0n) is 12.2. The van der Waals surface area contributed by atoms with Crippen molar-refractivity contribution in [1.29, 1.82) is 0 Å². The first-order valence-electron chi connectivity index (χ1n) is 6.87. The summed E-state index contributed by atoms with van der Waals surface area (Å²) in [6, 6.07) is 12.5. The molecule has 3 aromatic rings. The first-order chi connectivity index (χ1) is 11.6. The van der Waals surface area contributed by atoms with Crippen LogP contribution in [0, 0.1) is 10.6 Å². The van der Waals surface area contributed by atoms with Gasteiger partial charge in [-0.25, -0.2) is 14.3 Å². The molecular weight excluding hydrogens is 331 g/mol. The van der Waals surface area contributed by atoms with E-state index in [0.29, 0.717) is 5.56 Å². The monoisotopic (exact) mass is 342 g/mol. The predicted molar refractivity (Wildman–Crippen MR) is 89.2 cm³/mol. The van der Waals surface area contributed by atoms with Crippen LogP contribution in [0.3, 0.4) is 0 Å². The van der Waals surface area contributed by atoms with Gasteiger partial charge in [-0.1, -0.05) is 30.3 Å². The van der Waals surface area contributed by atoms with E-state index < -0.39 is 11.8 Å². The Labute approximate surface area is 140 Å². The lowest BCUT2D eigenvalue weighted by atomic mass is 10.1. The summed E-state index contributed by atoms with van der Waals surface area (Å²) in [6.45, 7) is 0. The molecule has 1 heterocycles. The molecule has 0 bridgehead atoms. The molecule has 24 heavy (non-hydrogen) atoms. The SMILES string of the molecule is O=C(O)c1ccccc1/C=N\n1c(-c2ccccc2F)n[nH]c1=S. The molecule has 0 saturated carbocycles. The van der Waals surface area contributed by atoms with Crippen LogP contribution in [-0.4, -0.2) is 32.2 Å². The molecule has 1 aromatic heterocycles. The Morgan fingerprint density at radius 2 is 1.96 bits per heavy atom. The lowest BCUT2D eigenvalue weighted by Gasteiger charge is -2.03. The minimum absolute atomic E-state index is 0.101. The first-order valence-corrected chi connectivity index (χ1v) is 7.28. The van der Waals surface area contributed by atoms with Gasteiger partial charge in [0.2, 0.25) is 4.77 Å². The molecule has 0 spiro atoms. The van der Waals surface area contributed by atoms with Gasteiger partial charge in [0.1, 0.15) is 5.82 Å². The Hall–Kier alpha value is -3.13. The minimum Gasteiger partial charge on any atom is -0.478 e. The van der Waals surface area contributed by atoms with Crippen molar-refractivity contribution in [1.82, 2.24) is 14.9 Å². The molecule has 0 amide bonds. The van der Waals surface area contributed by atoms with Crippen molar-refractivity contribution >= 4 is 24.4 Å². The fourth-order valence-electron chi connectivity index (χ4n) is 2.14. The highest BCUT2D eigenvalue weighted by atomic mass is 32.1. The molecule has 0 fully saturated rings. The van der Waals surface area contributed by atoms with E-state index in [2.05, 4.69) is 15.3 Å². The molecule has 0 saturated heterocycles. The molecular formula is C16H11FN4O2S. The summed E-state index contributed by atoms with van der Waals surface area (Å²) in [5, 5.41) is 19.9. The third-order valence-corrected chi connectivity index (χ3v) is 3.53. The Morgan fingerprint density at radius 1 is 1.25 bits per heavy atom. The van der Waals surface area contributed by atoms with Crippen molar-refractivity contribution < 1.29 is 14.3 Å². The van der Waals surface area contributed by atoms with Gasteiger partial charge in [0.05, 0.1) is 17.3 Å². The largest absolute Gasteiger partial charge is 0.478 e. The molecule has 0 unspecified atom stereocenters. The molecule has 0 aliphatic carbocycles. The number of aromatic carboxylic acids is 1. The highest BCUT2D eigenvalue weighted by Gasteiger charge is 2.13. The summed E-state index contributed by atoms with van der Waals surface area (Å²) in [6.07, 6.45) is 1.35. The van der Waals surface area contributed by atoms with Crippen LogP contribution in [0.15, 0.2) is 53.6 Å². The van der Waals surface area contributed by atoms with E-state index in [9.17, 15) is 14.3 Å². The normalized spacial score (nSPS) is 11.0. The van der Waals surface area contributed by atoms with Crippen LogP contribution in [-0.2, 0) is 0 Å². The van der Waals surface area contributed by atoms with Gasteiger partial charge in [0.25, 0.3) is 0 Å². The number of rotatable bonds is 4. The summed E-state index contributed by atoms with van der Waals surface area (Å²) in [4.78, 5) is 11.2. The number of aromatic nitrogens is 3. The maximum Gasteiger partial charge on any atom is 0.336 e. The summed E-state index contributed by atoms with van der Waals surface area (Å²) < 4.78 is 15.4. The fourth-order valence-corrected chi connectivity index (χ4v) is 2.32. The van der Waals surface area contributed by atoms with Gasteiger partial charge in [-0.3, -0.25) is 0 Å². The zero-order valence-corrected chi connectivity index (χ0v) is 13.0. The van der Waals surface area contributed by atoms with Crippen molar-refractivity contribution in [2.45, 2.75) is 0 Å². The third kappa shape index (κ3) is 2.99. The van der Waals surface area contributed by atoms with E-state index >= 15 is 0 Å². The van der Waals surface area contributed by atoms with Crippen molar-refractivity contribution in [3.8, 4) is 11.4 Å². The number of halogens is 1. The quantitative estimate of drug-likeness (QED) is 0.563. The zero-order chi connectivity index (χ0) is 17.1. The maximum atomic E-state index is 14.0. The minimum atomic E-state index is -1.07. The number of benzene rings is 2. The van der Waals surface area contributed by atoms with Gasteiger partial charge in [-0.05, 0) is 30.4 Å². The van der Waals surface area contributed by atoms with Gasteiger partial charge < -0.3 is 5.11 Å². The lowest BCUT2D eigenvalue weighted by Crippen LogP contribution is -2.03. The van der Waals surface area contributed by atoms with Crippen LogP contribution in [0.5, 0.6) is 0 Å². The van der Waals surface area contributed by atoms with E-state index in [1.807, 2.05) is 0 Å². The maximum absolute atomic E-state index is 14.0. The Bertz CT molecular complexity index is 993. The molecule has 6 nitrogen and oxygen atoms in total. The lowest BCUT2D eigenvalue weighted by molar-refractivity contribution is 0.0697. The molecule has 2 N–H and O–H groups in total. The van der Waals surface area contributed by atoms with E-state index in [0.717, 1.165) is 0 Å². The number of aromatic amines is 1. The number of nitrogens with one attached hydrogen (secondary N) is 1. The highest BCUT2D eigenvalue weighted by molar-refractivity contribution is 7.71. The van der Waals surface area contributed by atoms with E-state index in [-0.39, 0.29) is 21.7 Å². The van der Waals surface area contributed by atoms with Crippen LogP contribution >= 0.6 is 12.2 Å². The number of carboxylic acids is 1. The number of hydrogen-bond acceptors (Lipinski definition) is 4. The number of hydrogen-bond donors (Lipinski definition) is 2. The standard InChI is InChI=1S/C16H11FN4O2S/c17-13-8-4-3-7-12(13)14-19-20-16(24)21(14)18-9-10-5-1-2-6-11(10)15(22)23/h1-9H,(H,20,24)(H,22,23)/b18-9-. The van der Waals surface area contributed by atoms with Crippen LogP contribution in [0.25, 0.3) is 11.4 Å². The number of carbonyl (C=O) groups is 1. The fraction of sp³-hybridized carbons (Fsp3) is 0. The number of nitrogens with zero attached hydrogens (tertiary/aromatic N) is 3. The second-order valence-corrected chi connectivity index (χ2v) is 5.17. The Morgan fingerprint density at radius 3 is 2.71 bits per heavy atom.